The van der Waals surface area contributed by atoms with E-state index in [1.807, 2.05) is 17.4 Å². The molecular weight excluding hydrogens is 968 g/mol. The van der Waals surface area contributed by atoms with Gasteiger partial charge in [0.2, 0.25) is 0 Å². The minimum absolute atomic E-state index is 0. The Morgan fingerprint density at radius 1 is 0.590 bits per heavy atom. The van der Waals surface area contributed by atoms with E-state index in [2.05, 4.69) is 187 Å². The molecular formula is C53H33N4OPtS2-3. The van der Waals surface area contributed by atoms with E-state index >= 15 is 0 Å². The number of anilines is 4. The second kappa shape index (κ2) is 13.6. The topological polar surface area (TPSA) is 33.0 Å². The summed E-state index contributed by atoms with van der Waals surface area (Å²) in [5, 5.41) is 8.22. The van der Waals surface area contributed by atoms with Gasteiger partial charge in [0, 0.05) is 74.3 Å². The van der Waals surface area contributed by atoms with Gasteiger partial charge >= 0.3 is 0 Å². The van der Waals surface area contributed by atoms with E-state index in [-0.39, 0.29) is 21.1 Å². The van der Waals surface area contributed by atoms with Crippen LogP contribution in [0.1, 0.15) is 16.7 Å². The first-order chi connectivity index (χ1) is 29.5. The van der Waals surface area contributed by atoms with Crippen LogP contribution in [0.15, 0.2) is 140 Å². The van der Waals surface area contributed by atoms with Crippen molar-refractivity contribution in [1.29, 1.82) is 0 Å². The molecule has 8 aromatic carbocycles. The van der Waals surface area contributed by atoms with Gasteiger partial charge in [0.05, 0.1) is 22.4 Å². The van der Waals surface area contributed by atoms with E-state index in [0.29, 0.717) is 11.5 Å². The Morgan fingerprint density at radius 2 is 1.28 bits per heavy atom. The van der Waals surface area contributed by atoms with E-state index < -0.39 is 0 Å². The molecule has 0 saturated heterocycles. The Balaban J connectivity index is 0.00000399. The Bertz CT molecular complexity index is 3780. The number of hydrogen-bond acceptors (Lipinski definition) is 6. The first-order valence-corrected chi connectivity index (χ1v) is 21.8. The SMILES string of the molecule is Cc1cc(C)c(N2[CH-]N(c3[c-]c(Oc4[c-]c5c(c6c4sc4ccccc46)c4c6sc7ccccc7c6ccc4n4c6ccccc6nc54)ccc3)c3ccccc32)c(C)c1.[Pt]. The summed E-state index contributed by atoms with van der Waals surface area (Å²) in [6.45, 7) is 8.72. The number of para-hydroxylation sites is 4. The molecule has 0 atom stereocenters. The zero-order valence-electron chi connectivity index (χ0n) is 33.2. The van der Waals surface area contributed by atoms with Crippen molar-refractivity contribution in [3.05, 3.63) is 175 Å². The number of imidazole rings is 1. The van der Waals surface area contributed by atoms with Gasteiger partial charge in [-0.3, -0.25) is 4.98 Å². The number of fused-ring (bicyclic) bond motifs is 17. The first kappa shape index (κ1) is 36.6. The molecule has 12 aromatic rings. The van der Waals surface area contributed by atoms with E-state index in [0.717, 1.165) is 54.7 Å². The summed E-state index contributed by atoms with van der Waals surface area (Å²) in [4.78, 5) is 9.84. The number of benzene rings is 8. The second-order valence-corrected chi connectivity index (χ2v) is 17.9. The fraction of sp³-hybridized carbons (Fsp3) is 0.0566. The molecule has 0 unspecified atom stereocenters. The molecule has 5 nitrogen and oxygen atoms in total. The molecule has 0 fully saturated rings. The van der Waals surface area contributed by atoms with Crippen LogP contribution in [0, 0.1) is 39.6 Å². The molecule has 0 bridgehead atoms. The zero-order valence-corrected chi connectivity index (χ0v) is 37.1. The van der Waals surface area contributed by atoms with Gasteiger partial charge in [0.25, 0.3) is 0 Å². The largest absolute Gasteiger partial charge is 0.501 e. The van der Waals surface area contributed by atoms with Crippen molar-refractivity contribution in [3.63, 3.8) is 0 Å². The molecule has 0 saturated carbocycles. The number of aryl methyl sites for hydroxylation is 3. The number of pyridine rings is 1. The average Bonchev–Trinajstić information content (AvgIpc) is 4.04. The summed E-state index contributed by atoms with van der Waals surface area (Å²) in [6.07, 6.45) is 0. The summed E-state index contributed by atoms with van der Waals surface area (Å²) >= 11 is 3.62. The molecule has 13 rings (SSSR count). The van der Waals surface area contributed by atoms with Crippen molar-refractivity contribution in [2.45, 2.75) is 20.8 Å². The van der Waals surface area contributed by atoms with Crippen LogP contribution in [0.2, 0.25) is 0 Å². The van der Waals surface area contributed by atoms with Gasteiger partial charge in [0.1, 0.15) is 0 Å². The van der Waals surface area contributed by atoms with Crippen LogP contribution in [0.25, 0.3) is 78.7 Å². The van der Waals surface area contributed by atoms with Crippen molar-refractivity contribution in [3.8, 4) is 11.5 Å². The van der Waals surface area contributed by atoms with Gasteiger partial charge in [-0.05, 0) is 89.8 Å². The van der Waals surface area contributed by atoms with Gasteiger partial charge in [-0.2, -0.15) is 17.4 Å². The molecule has 0 amide bonds. The minimum Gasteiger partial charge on any atom is -0.501 e. The van der Waals surface area contributed by atoms with Crippen LogP contribution in [-0.4, -0.2) is 9.38 Å². The zero-order chi connectivity index (χ0) is 39.8. The fourth-order valence-corrected chi connectivity index (χ4v) is 12.1. The molecule has 0 aliphatic carbocycles. The third kappa shape index (κ3) is 5.31. The maximum absolute atomic E-state index is 7.06. The monoisotopic (exact) mass is 1000 g/mol. The molecule has 5 heterocycles. The minimum atomic E-state index is 0. The number of rotatable bonds is 4. The van der Waals surface area contributed by atoms with Crippen LogP contribution in [-0.2, 0) is 21.1 Å². The van der Waals surface area contributed by atoms with Gasteiger partial charge in [-0.15, -0.1) is 41.9 Å². The van der Waals surface area contributed by atoms with Crippen LogP contribution in [0.3, 0.4) is 0 Å². The molecule has 296 valence electrons. The summed E-state index contributed by atoms with van der Waals surface area (Å²) in [7, 11) is 0. The summed E-state index contributed by atoms with van der Waals surface area (Å²) in [5.74, 6) is 1.29. The summed E-state index contributed by atoms with van der Waals surface area (Å²) in [6, 6.07) is 57.2. The molecule has 1 aliphatic rings. The van der Waals surface area contributed by atoms with Gasteiger partial charge in [-0.1, -0.05) is 107 Å². The van der Waals surface area contributed by atoms with E-state index in [1.54, 1.807) is 11.3 Å². The number of aromatic nitrogens is 2. The third-order valence-corrected chi connectivity index (χ3v) is 14.4. The average molecular weight is 1000 g/mol. The first-order valence-electron chi connectivity index (χ1n) is 20.1. The maximum atomic E-state index is 7.06. The van der Waals surface area contributed by atoms with Gasteiger partial charge < -0.3 is 18.9 Å². The Labute approximate surface area is 373 Å². The van der Waals surface area contributed by atoms with Crippen LogP contribution in [0.5, 0.6) is 11.5 Å². The molecule has 1 aliphatic heterocycles. The quantitative estimate of drug-likeness (QED) is 0.130. The van der Waals surface area contributed by atoms with Crippen molar-refractivity contribution in [2.24, 2.45) is 0 Å². The smallest absolute Gasteiger partial charge is 0.0774 e. The normalized spacial score (nSPS) is 12.9. The fourth-order valence-electron chi connectivity index (χ4n) is 9.73. The van der Waals surface area contributed by atoms with Crippen LogP contribution >= 0.6 is 22.7 Å². The molecule has 0 N–H and O–H groups in total. The summed E-state index contributed by atoms with van der Waals surface area (Å²) < 4.78 is 14.2. The van der Waals surface area contributed by atoms with Crippen molar-refractivity contribution in [2.75, 3.05) is 9.80 Å². The standard InChI is InChI=1S/C53H33N4OS2.Pt/c1-30-25-31(2)50(32(3)26-30)56-29-55(41-19-8-9-20-42(41)56)33-13-12-14-34(27-33)58-44-28-38-47(48-37-16-5-11-22-46(37)60-52(44)48)49-43(57-40-18-7-6-17-39(40)54-53(38)57)24-23-36-35-15-4-10-21-45(35)59-51(36)49;/h4-26,29H,1-3H3;/q-3;. The maximum Gasteiger partial charge on any atom is 0.0774 e. The van der Waals surface area contributed by atoms with Crippen molar-refractivity contribution in [1.82, 2.24) is 9.38 Å². The van der Waals surface area contributed by atoms with E-state index in [4.69, 9.17) is 9.72 Å². The van der Waals surface area contributed by atoms with Crippen LogP contribution < -0.4 is 14.5 Å². The molecule has 61 heavy (non-hydrogen) atoms. The molecule has 0 spiro atoms. The molecule has 8 heteroatoms. The Kier molecular flexibility index (Phi) is 8.18. The predicted octanol–water partition coefficient (Wildman–Crippen LogP) is 15.3. The van der Waals surface area contributed by atoms with Crippen molar-refractivity contribution < 1.29 is 25.8 Å². The molecule has 0 radical (unpaired) electrons. The number of thiophene rings is 2. The third-order valence-electron chi connectivity index (χ3n) is 12.1. The van der Waals surface area contributed by atoms with Crippen molar-refractivity contribution >= 4 is 124 Å². The van der Waals surface area contributed by atoms with E-state index in [9.17, 15) is 0 Å². The van der Waals surface area contributed by atoms with E-state index in [1.165, 1.54) is 63.4 Å². The Morgan fingerprint density at radius 3 is 2.10 bits per heavy atom. The number of nitrogens with zero attached hydrogens (tertiary/aromatic N) is 4. The second-order valence-electron chi connectivity index (χ2n) is 15.8. The van der Waals surface area contributed by atoms with Gasteiger partial charge in [0.15, 0.2) is 0 Å². The van der Waals surface area contributed by atoms with Crippen LogP contribution in [0.4, 0.5) is 22.7 Å². The van der Waals surface area contributed by atoms with Gasteiger partial charge in [-0.25, -0.2) is 0 Å². The predicted molar refractivity (Wildman–Crippen MR) is 253 cm³/mol. The number of ether oxygens (including phenoxy) is 1. The Hall–Kier alpha value is -6.24. The molecule has 4 aromatic heterocycles. The number of hydrogen-bond donors (Lipinski definition) is 0. The summed E-state index contributed by atoms with van der Waals surface area (Å²) in [5.41, 5.74) is 12.0.